The van der Waals surface area contributed by atoms with Gasteiger partial charge in [-0.1, -0.05) is 78.9 Å². The van der Waals surface area contributed by atoms with Crippen molar-refractivity contribution in [2.45, 2.75) is 32.5 Å². The second-order valence-electron chi connectivity index (χ2n) is 8.14. The van der Waals surface area contributed by atoms with Crippen LogP contribution in [0.4, 0.5) is 0 Å². The van der Waals surface area contributed by atoms with Gasteiger partial charge in [0.05, 0.1) is 5.56 Å². The van der Waals surface area contributed by atoms with E-state index >= 15 is 0 Å². The van der Waals surface area contributed by atoms with Gasteiger partial charge >= 0.3 is 5.97 Å². The van der Waals surface area contributed by atoms with E-state index in [9.17, 15) is 4.79 Å². The van der Waals surface area contributed by atoms with Gasteiger partial charge in [-0.2, -0.15) is 0 Å². The molecule has 0 saturated heterocycles. The maximum atomic E-state index is 11.1. The number of hydrogen-bond donors (Lipinski definition) is 1. The molecule has 0 aliphatic rings. The fraction of sp³-hybridized carbons (Fsp3) is 0.167. The second-order valence-corrected chi connectivity index (χ2v) is 8.14. The quantitative estimate of drug-likeness (QED) is 0.274. The molecule has 172 valence electrons. The van der Waals surface area contributed by atoms with Crippen LogP contribution in [0, 0.1) is 0 Å². The van der Waals surface area contributed by atoms with Crippen LogP contribution in [0.3, 0.4) is 0 Å². The van der Waals surface area contributed by atoms with Crippen molar-refractivity contribution in [1.29, 1.82) is 0 Å². The van der Waals surface area contributed by atoms with Gasteiger partial charge in [0, 0.05) is 5.56 Å². The van der Waals surface area contributed by atoms with E-state index in [1.54, 1.807) is 12.1 Å². The van der Waals surface area contributed by atoms with Crippen molar-refractivity contribution in [3.05, 3.63) is 131 Å². The zero-order chi connectivity index (χ0) is 23.6. The van der Waals surface area contributed by atoms with Crippen LogP contribution in [-0.4, -0.2) is 11.1 Å². The van der Waals surface area contributed by atoms with Gasteiger partial charge in [0.1, 0.15) is 24.7 Å². The molecular formula is C30H28O4. The van der Waals surface area contributed by atoms with Crippen molar-refractivity contribution < 1.29 is 19.4 Å². The Labute approximate surface area is 200 Å². The molecule has 4 nitrogen and oxygen atoms in total. The number of carbonyl (C=O) groups is 1. The third-order valence-corrected chi connectivity index (χ3v) is 5.66. The van der Waals surface area contributed by atoms with E-state index in [0.717, 1.165) is 53.0 Å². The Morgan fingerprint density at radius 1 is 0.588 bits per heavy atom. The molecule has 0 unspecified atom stereocenters. The number of carboxylic acids is 1. The fourth-order valence-corrected chi connectivity index (χ4v) is 3.82. The minimum Gasteiger partial charge on any atom is -0.488 e. The summed E-state index contributed by atoms with van der Waals surface area (Å²) in [5.41, 5.74) is 4.70. The molecule has 0 aliphatic carbocycles. The van der Waals surface area contributed by atoms with Gasteiger partial charge < -0.3 is 14.6 Å². The van der Waals surface area contributed by atoms with Gasteiger partial charge in [0.2, 0.25) is 0 Å². The highest BCUT2D eigenvalue weighted by molar-refractivity contribution is 5.87. The lowest BCUT2D eigenvalue weighted by Crippen LogP contribution is -2.04. The first-order valence-corrected chi connectivity index (χ1v) is 11.5. The summed E-state index contributed by atoms with van der Waals surface area (Å²) in [4.78, 5) is 11.1. The molecule has 4 rings (SSSR count). The van der Waals surface area contributed by atoms with Crippen molar-refractivity contribution in [2.75, 3.05) is 0 Å². The van der Waals surface area contributed by atoms with Crippen LogP contribution in [0.25, 0.3) is 0 Å². The molecule has 0 spiro atoms. The highest BCUT2D eigenvalue weighted by atomic mass is 16.5. The zero-order valence-corrected chi connectivity index (χ0v) is 19.0. The lowest BCUT2D eigenvalue weighted by atomic mass is 10.0. The molecule has 0 saturated carbocycles. The summed E-state index contributed by atoms with van der Waals surface area (Å²) < 4.78 is 12.4. The molecule has 4 aromatic carbocycles. The maximum Gasteiger partial charge on any atom is 0.335 e. The zero-order valence-electron chi connectivity index (χ0n) is 19.0. The van der Waals surface area contributed by atoms with Gasteiger partial charge in [-0.3, -0.25) is 0 Å². The molecule has 0 bridgehead atoms. The molecule has 0 atom stereocenters. The van der Waals surface area contributed by atoms with Crippen LogP contribution < -0.4 is 9.47 Å². The van der Waals surface area contributed by atoms with E-state index in [2.05, 4.69) is 24.3 Å². The topological polar surface area (TPSA) is 55.8 Å². The van der Waals surface area contributed by atoms with Crippen LogP contribution in [0.15, 0.2) is 103 Å². The molecule has 4 aromatic rings. The summed E-state index contributed by atoms with van der Waals surface area (Å²) in [5.74, 6) is 0.752. The van der Waals surface area contributed by atoms with Crippen molar-refractivity contribution in [2.24, 2.45) is 0 Å². The standard InChI is InChI=1S/C30H28O4/c31-30(32)26-19-17-23(18-20-26)13-7-14-27-28(33-21-24-9-3-1-4-10-24)15-8-16-29(27)34-22-25-11-5-2-6-12-25/h1-6,8-12,15-20H,7,13-14,21-22H2,(H,31,32). The van der Waals surface area contributed by atoms with Crippen LogP contribution >= 0.6 is 0 Å². The van der Waals surface area contributed by atoms with Gasteiger partial charge in [-0.05, 0) is 60.2 Å². The molecule has 0 amide bonds. The lowest BCUT2D eigenvalue weighted by molar-refractivity contribution is 0.0697. The van der Waals surface area contributed by atoms with Crippen molar-refractivity contribution >= 4 is 5.97 Å². The molecule has 34 heavy (non-hydrogen) atoms. The van der Waals surface area contributed by atoms with Crippen LogP contribution in [-0.2, 0) is 26.1 Å². The third kappa shape index (κ3) is 6.48. The van der Waals surface area contributed by atoms with Crippen molar-refractivity contribution in [1.82, 2.24) is 0 Å². The van der Waals surface area contributed by atoms with Gasteiger partial charge in [0.15, 0.2) is 0 Å². The molecule has 0 aromatic heterocycles. The summed E-state index contributed by atoms with van der Waals surface area (Å²) in [6.07, 6.45) is 2.51. The third-order valence-electron chi connectivity index (χ3n) is 5.66. The first-order valence-electron chi connectivity index (χ1n) is 11.5. The Morgan fingerprint density at radius 3 is 1.62 bits per heavy atom. The van der Waals surface area contributed by atoms with Crippen LogP contribution in [0.1, 0.15) is 39.0 Å². The molecule has 0 heterocycles. The van der Waals surface area contributed by atoms with Gasteiger partial charge in [-0.15, -0.1) is 0 Å². The minimum atomic E-state index is -0.906. The number of aryl methyl sites for hydroxylation is 1. The molecule has 0 radical (unpaired) electrons. The Bertz CT molecular complexity index is 1120. The number of rotatable bonds is 11. The number of carboxylic acid groups (broad SMARTS) is 1. The Hall–Kier alpha value is -4.05. The summed E-state index contributed by atoms with van der Waals surface area (Å²) in [6, 6.07) is 33.3. The highest BCUT2D eigenvalue weighted by Gasteiger charge is 2.12. The van der Waals surface area contributed by atoms with E-state index in [1.165, 1.54) is 0 Å². The van der Waals surface area contributed by atoms with E-state index < -0.39 is 5.97 Å². The highest BCUT2D eigenvalue weighted by Crippen LogP contribution is 2.31. The smallest absolute Gasteiger partial charge is 0.335 e. The molecular weight excluding hydrogens is 424 g/mol. The molecule has 0 fully saturated rings. The Kier molecular flexibility index (Phi) is 7.96. The van der Waals surface area contributed by atoms with E-state index in [0.29, 0.717) is 18.8 Å². The predicted molar refractivity (Wildman–Crippen MR) is 133 cm³/mol. The lowest BCUT2D eigenvalue weighted by Gasteiger charge is -2.17. The Balaban J connectivity index is 1.47. The first kappa shape index (κ1) is 23.1. The van der Waals surface area contributed by atoms with E-state index in [1.807, 2.05) is 66.7 Å². The molecule has 4 heteroatoms. The summed E-state index contributed by atoms with van der Waals surface area (Å²) in [6.45, 7) is 0.985. The van der Waals surface area contributed by atoms with E-state index in [-0.39, 0.29) is 0 Å². The molecule has 1 N–H and O–H groups in total. The van der Waals surface area contributed by atoms with Crippen molar-refractivity contribution in [3.8, 4) is 11.5 Å². The number of hydrogen-bond acceptors (Lipinski definition) is 3. The summed E-state index contributed by atoms with van der Waals surface area (Å²) >= 11 is 0. The van der Waals surface area contributed by atoms with Crippen LogP contribution in [0.5, 0.6) is 11.5 Å². The van der Waals surface area contributed by atoms with Gasteiger partial charge in [-0.25, -0.2) is 4.79 Å². The number of benzene rings is 4. The first-order chi connectivity index (χ1) is 16.7. The normalized spacial score (nSPS) is 10.6. The fourth-order valence-electron chi connectivity index (χ4n) is 3.82. The number of ether oxygens (including phenoxy) is 2. The second kappa shape index (κ2) is 11.7. The number of aromatic carboxylic acids is 1. The average molecular weight is 453 g/mol. The van der Waals surface area contributed by atoms with Crippen molar-refractivity contribution in [3.63, 3.8) is 0 Å². The largest absolute Gasteiger partial charge is 0.488 e. The maximum absolute atomic E-state index is 11.1. The predicted octanol–water partition coefficient (Wildman–Crippen LogP) is 6.72. The van der Waals surface area contributed by atoms with Gasteiger partial charge in [0.25, 0.3) is 0 Å². The average Bonchev–Trinajstić information content (AvgIpc) is 2.88. The minimum absolute atomic E-state index is 0.306. The van der Waals surface area contributed by atoms with E-state index in [4.69, 9.17) is 14.6 Å². The molecule has 0 aliphatic heterocycles. The Morgan fingerprint density at radius 2 is 1.12 bits per heavy atom. The monoisotopic (exact) mass is 452 g/mol. The summed E-state index contributed by atoms with van der Waals surface area (Å²) in [5, 5.41) is 9.10. The van der Waals surface area contributed by atoms with Crippen LogP contribution in [0.2, 0.25) is 0 Å². The SMILES string of the molecule is O=C(O)c1ccc(CCCc2c(OCc3ccccc3)cccc2OCc2ccccc2)cc1. The summed E-state index contributed by atoms with van der Waals surface area (Å²) in [7, 11) is 0.